The zero-order valence-corrected chi connectivity index (χ0v) is 12.9. The van der Waals surface area contributed by atoms with Crippen LogP contribution in [-0.2, 0) is 5.75 Å². The predicted molar refractivity (Wildman–Crippen MR) is 92.6 cm³/mol. The lowest BCUT2D eigenvalue weighted by atomic mass is 10.0. The highest BCUT2D eigenvalue weighted by atomic mass is 32.2. The van der Waals surface area contributed by atoms with Gasteiger partial charge in [0, 0.05) is 10.6 Å². The lowest BCUT2D eigenvalue weighted by Crippen LogP contribution is -1.87. The molecule has 0 saturated carbocycles. The zero-order valence-electron chi connectivity index (χ0n) is 12.1. The van der Waals surface area contributed by atoms with E-state index in [9.17, 15) is 0 Å². The van der Waals surface area contributed by atoms with Crippen LogP contribution in [0.3, 0.4) is 0 Å². The van der Waals surface area contributed by atoms with Crippen molar-refractivity contribution in [2.45, 2.75) is 17.6 Å². The molecule has 1 heteroatoms. The maximum atomic E-state index is 2.22. The lowest BCUT2D eigenvalue weighted by Gasteiger charge is -2.11. The highest BCUT2D eigenvalue weighted by Crippen LogP contribution is 2.34. The van der Waals surface area contributed by atoms with Crippen LogP contribution in [0.4, 0.5) is 0 Å². The standard InChI is InChI=1S/C20H18S/c1-16-9-5-6-12-18(16)19-13-7-8-14-20(19)21-15-17-10-3-2-4-11-17/h2-14H,15H2,1H3. The Labute approximate surface area is 130 Å². The average Bonchev–Trinajstić information content (AvgIpc) is 2.55. The van der Waals surface area contributed by atoms with Crippen LogP contribution in [0.1, 0.15) is 11.1 Å². The third-order valence-electron chi connectivity index (χ3n) is 3.56. The average molecular weight is 290 g/mol. The van der Waals surface area contributed by atoms with E-state index >= 15 is 0 Å². The summed E-state index contributed by atoms with van der Waals surface area (Å²) >= 11 is 1.90. The minimum absolute atomic E-state index is 1.00. The molecule has 0 aromatic heterocycles. The Balaban J connectivity index is 1.88. The second-order valence-electron chi connectivity index (χ2n) is 5.09. The summed E-state index contributed by atoms with van der Waals surface area (Å²) < 4.78 is 0. The molecule has 0 amide bonds. The first-order valence-corrected chi connectivity index (χ1v) is 8.15. The number of hydrogen-bond donors (Lipinski definition) is 0. The van der Waals surface area contributed by atoms with E-state index in [0.29, 0.717) is 0 Å². The van der Waals surface area contributed by atoms with Gasteiger partial charge < -0.3 is 0 Å². The SMILES string of the molecule is Cc1ccccc1-c1ccccc1SCc1ccccc1. The Kier molecular flexibility index (Phi) is 4.42. The van der Waals surface area contributed by atoms with Gasteiger partial charge in [-0.2, -0.15) is 0 Å². The summed E-state index contributed by atoms with van der Waals surface area (Å²) in [6.45, 7) is 2.17. The summed E-state index contributed by atoms with van der Waals surface area (Å²) in [6, 6.07) is 27.9. The first-order valence-electron chi connectivity index (χ1n) is 7.16. The van der Waals surface area contributed by atoms with Crippen molar-refractivity contribution in [1.29, 1.82) is 0 Å². The molecule has 3 aromatic carbocycles. The summed E-state index contributed by atoms with van der Waals surface area (Å²) in [6.07, 6.45) is 0. The molecule has 0 aliphatic rings. The van der Waals surface area contributed by atoms with Crippen LogP contribution >= 0.6 is 11.8 Å². The van der Waals surface area contributed by atoms with Crippen molar-refractivity contribution in [3.8, 4) is 11.1 Å². The number of thioether (sulfide) groups is 1. The van der Waals surface area contributed by atoms with Gasteiger partial charge in [0.1, 0.15) is 0 Å². The molecular formula is C20H18S. The molecule has 0 heterocycles. The number of rotatable bonds is 4. The van der Waals surface area contributed by atoms with Gasteiger partial charge in [-0.15, -0.1) is 11.8 Å². The highest BCUT2D eigenvalue weighted by Gasteiger charge is 2.07. The van der Waals surface area contributed by atoms with Crippen molar-refractivity contribution in [3.63, 3.8) is 0 Å². The van der Waals surface area contributed by atoms with Crippen molar-refractivity contribution < 1.29 is 0 Å². The maximum Gasteiger partial charge on any atom is 0.0232 e. The van der Waals surface area contributed by atoms with E-state index in [1.807, 2.05) is 11.8 Å². The molecule has 0 fully saturated rings. The molecule has 0 spiro atoms. The summed E-state index contributed by atoms with van der Waals surface area (Å²) in [5.74, 6) is 1.00. The molecule has 0 atom stereocenters. The molecule has 104 valence electrons. The van der Waals surface area contributed by atoms with Gasteiger partial charge in [0.2, 0.25) is 0 Å². The fourth-order valence-corrected chi connectivity index (χ4v) is 3.45. The van der Waals surface area contributed by atoms with Gasteiger partial charge in [0.05, 0.1) is 0 Å². The van der Waals surface area contributed by atoms with Crippen LogP contribution in [0.15, 0.2) is 83.8 Å². The summed E-state index contributed by atoms with van der Waals surface area (Å²) in [4.78, 5) is 1.34. The van der Waals surface area contributed by atoms with Gasteiger partial charge in [0.25, 0.3) is 0 Å². The third kappa shape index (κ3) is 3.37. The van der Waals surface area contributed by atoms with E-state index in [1.165, 1.54) is 27.1 Å². The molecule has 21 heavy (non-hydrogen) atoms. The van der Waals surface area contributed by atoms with Crippen LogP contribution in [0.25, 0.3) is 11.1 Å². The third-order valence-corrected chi connectivity index (χ3v) is 4.70. The molecule has 0 aliphatic carbocycles. The van der Waals surface area contributed by atoms with Crippen LogP contribution in [-0.4, -0.2) is 0 Å². The van der Waals surface area contributed by atoms with Gasteiger partial charge in [-0.1, -0.05) is 72.8 Å². The van der Waals surface area contributed by atoms with Gasteiger partial charge in [-0.25, -0.2) is 0 Å². The Hall–Kier alpha value is -1.99. The first-order chi connectivity index (χ1) is 10.3. The largest absolute Gasteiger partial charge is 0.121 e. The molecule has 0 bridgehead atoms. The number of hydrogen-bond acceptors (Lipinski definition) is 1. The molecule has 0 N–H and O–H groups in total. The number of benzene rings is 3. The minimum atomic E-state index is 1.00. The second kappa shape index (κ2) is 6.64. The van der Waals surface area contributed by atoms with Gasteiger partial charge in [0.15, 0.2) is 0 Å². The van der Waals surface area contributed by atoms with Gasteiger partial charge >= 0.3 is 0 Å². The molecule has 0 aliphatic heterocycles. The molecule has 3 aromatic rings. The summed E-state index contributed by atoms with van der Waals surface area (Å²) in [7, 11) is 0. The Morgan fingerprint density at radius 2 is 1.29 bits per heavy atom. The van der Waals surface area contributed by atoms with Crippen LogP contribution in [0.5, 0.6) is 0 Å². The zero-order chi connectivity index (χ0) is 14.5. The smallest absolute Gasteiger partial charge is 0.0232 e. The Bertz CT molecular complexity index is 717. The highest BCUT2D eigenvalue weighted by molar-refractivity contribution is 7.98. The van der Waals surface area contributed by atoms with E-state index in [-0.39, 0.29) is 0 Å². The quantitative estimate of drug-likeness (QED) is 0.535. The van der Waals surface area contributed by atoms with E-state index in [0.717, 1.165) is 5.75 Å². The second-order valence-corrected chi connectivity index (χ2v) is 6.10. The summed E-state index contributed by atoms with van der Waals surface area (Å²) in [5, 5.41) is 0. The van der Waals surface area contributed by atoms with Crippen LogP contribution in [0, 0.1) is 6.92 Å². The van der Waals surface area contributed by atoms with Crippen molar-refractivity contribution in [1.82, 2.24) is 0 Å². The molecular weight excluding hydrogens is 272 g/mol. The topological polar surface area (TPSA) is 0 Å². The van der Waals surface area contributed by atoms with Gasteiger partial charge in [-0.05, 0) is 35.2 Å². The van der Waals surface area contributed by atoms with E-state index < -0.39 is 0 Å². The van der Waals surface area contributed by atoms with Crippen molar-refractivity contribution >= 4 is 11.8 Å². The molecule has 0 radical (unpaired) electrons. The number of aryl methyl sites for hydroxylation is 1. The summed E-state index contributed by atoms with van der Waals surface area (Å²) in [5.41, 5.74) is 5.34. The van der Waals surface area contributed by atoms with E-state index in [2.05, 4.69) is 85.8 Å². The monoisotopic (exact) mass is 290 g/mol. The van der Waals surface area contributed by atoms with Crippen molar-refractivity contribution in [2.24, 2.45) is 0 Å². The maximum absolute atomic E-state index is 2.22. The fraction of sp³-hybridized carbons (Fsp3) is 0.100. The van der Waals surface area contributed by atoms with Crippen LogP contribution in [0.2, 0.25) is 0 Å². The van der Waals surface area contributed by atoms with Crippen molar-refractivity contribution in [2.75, 3.05) is 0 Å². The fourth-order valence-electron chi connectivity index (χ4n) is 2.43. The first kappa shape index (κ1) is 14.0. The molecule has 0 nitrogen and oxygen atoms in total. The predicted octanol–water partition coefficient (Wildman–Crippen LogP) is 5.95. The van der Waals surface area contributed by atoms with E-state index in [4.69, 9.17) is 0 Å². The van der Waals surface area contributed by atoms with Crippen LogP contribution < -0.4 is 0 Å². The normalized spacial score (nSPS) is 10.5. The molecule has 0 saturated heterocycles. The van der Waals surface area contributed by atoms with Crippen molar-refractivity contribution in [3.05, 3.63) is 90.0 Å². The molecule has 0 unspecified atom stereocenters. The Morgan fingerprint density at radius 1 is 0.667 bits per heavy atom. The van der Waals surface area contributed by atoms with Gasteiger partial charge in [-0.3, -0.25) is 0 Å². The lowest BCUT2D eigenvalue weighted by molar-refractivity contribution is 1.36. The minimum Gasteiger partial charge on any atom is -0.121 e. The molecule has 3 rings (SSSR count). The van der Waals surface area contributed by atoms with E-state index in [1.54, 1.807) is 0 Å². The Morgan fingerprint density at radius 3 is 2.05 bits per heavy atom.